The fraction of sp³-hybridized carbons (Fsp3) is 0.379. The molecule has 2 atom stereocenters. The normalized spacial score (nSPS) is 20.5. The maximum absolute atomic E-state index is 13.5. The van der Waals surface area contributed by atoms with Crippen molar-refractivity contribution in [3.8, 4) is 0 Å². The lowest BCUT2D eigenvalue weighted by Gasteiger charge is -2.40. The van der Waals surface area contributed by atoms with Crippen LogP contribution in [0.3, 0.4) is 0 Å². The summed E-state index contributed by atoms with van der Waals surface area (Å²) in [6.45, 7) is 5.14. The molecule has 2 aliphatic rings. The summed E-state index contributed by atoms with van der Waals surface area (Å²) in [6.07, 6.45) is 1.37. The number of carbonyl (C=O) groups is 2. The zero-order valence-corrected chi connectivity index (χ0v) is 21.3. The van der Waals surface area contributed by atoms with Crippen LogP contribution < -0.4 is 0 Å². The number of likely N-dealkylation sites (N-methyl/N-ethyl adjacent to an activating group) is 1. The lowest BCUT2D eigenvalue weighted by atomic mass is 9.92. The van der Waals surface area contributed by atoms with Crippen LogP contribution in [-0.4, -0.2) is 59.7 Å². The molecule has 2 aromatic carbocycles. The van der Waals surface area contributed by atoms with E-state index in [1.807, 2.05) is 28.0 Å². The van der Waals surface area contributed by atoms with Crippen molar-refractivity contribution in [1.82, 2.24) is 14.7 Å². The molecule has 5 nitrogen and oxygen atoms in total. The highest BCUT2D eigenvalue weighted by atomic mass is 32.1. The van der Waals surface area contributed by atoms with Crippen LogP contribution in [0, 0.1) is 6.92 Å². The van der Waals surface area contributed by atoms with Gasteiger partial charge in [-0.2, -0.15) is 0 Å². The van der Waals surface area contributed by atoms with E-state index in [-0.39, 0.29) is 36.7 Å². The number of thiophene rings is 1. The Kier molecular flexibility index (Phi) is 7.02. The van der Waals surface area contributed by atoms with Crippen LogP contribution in [0.5, 0.6) is 0 Å². The highest BCUT2D eigenvalue weighted by Gasteiger charge is 2.34. The molecule has 2 unspecified atom stereocenters. The van der Waals surface area contributed by atoms with Gasteiger partial charge in [0.1, 0.15) is 0 Å². The van der Waals surface area contributed by atoms with Gasteiger partial charge < -0.3 is 14.7 Å². The van der Waals surface area contributed by atoms with Gasteiger partial charge in [0.15, 0.2) is 0 Å². The van der Waals surface area contributed by atoms with E-state index in [0.717, 1.165) is 30.6 Å². The number of hydrogen-bond donors (Lipinski definition) is 0. The molecule has 2 aliphatic heterocycles. The van der Waals surface area contributed by atoms with Crippen molar-refractivity contribution < 1.29 is 9.59 Å². The van der Waals surface area contributed by atoms with Gasteiger partial charge in [0.25, 0.3) is 0 Å². The Labute approximate surface area is 212 Å². The Morgan fingerprint density at radius 1 is 0.886 bits per heavy atom. The SMILES string of the molecule is Cc1cccc(C2c3ccsc3CCN2C(=O)CCC(=O)N2CCN(C)CC2c2ccccc2)c1. The Hall–Kier alpha value is -2.96. The van der Waals surface area contributed by atoms with Gasteiger partial charge in [-0.25, -0.2) is 0 Å². The first-order chi connectivity index (χ1) is 17.0. The zero-order valence-electron chi connectivity index (χ0n) is 20.5. The maximum atomic E-state index is 13.5. The van der Waals surface area contributed by atoms with Crippen LogP contribution in [0.1, 0.15) is 52.1 Å². The molecule has 1 aromatic heterocycles. The predicted molar refractivity (Wildman–Crippen MR) is 140 cm³/mol. The molecule has 3 aromatic rings. The smallest absolute Gasteiger partial charge is 0.223 e. The maximum Gasteiger partial charge on any atom is 0.223 e. The molecule has 0 spiro atoms. The van der Waals surface area contributed by atoms with Crippen molar-refractivity contribution in [1.29, 1.82) is 0 Å². The van der Waals surface area contributed by atoms with Gasteiger partial charge in [0.2, 0.25) is 11.8 Å². The molecule has 0 saturated carbocycles. The van der Waals surface area contributed by atoms with Crippen molar-refractivity contribution in [2.24, 2.45) is 0 Å². The van der Waals surface area contributed by atoms with Crippen LogP contribution in [0.15, 0.2) is 66.0 Å². The second kappa shape index (κ2) is 10.3. The van der Waals surface area contributed by atoms with Crippen molar-refractivity contribution in [2.45, 2.75) is 38.3 Å². The first-order valence-electron chi connectivity index (χ1n) is 12.5. The largest absolute Gasteiger partial charge is 0.333 e. The fourth-order valence-corrected chi connectivity index (χ4v) is 6.37. The van der Waals surface area contributed by atoms with Gasteiger partial charge in [-0.15, -0.1) is 11.3 Å². The molecule has 5 rings (SSSR count). The molecule has 6 heteroatoms. The summed E-state index contributed by atoms with van der Waals surface area (Å²) in [5, 5.41) is 2.13. The number of carbonyl (C=O) groups excluding carboxylic acids is 2. The molecule has 182 valence electrons. The highest BCUT2D eigenvalue weighted by Crippen LogP contribution is 2.38. The molecule has 0 N–H and O–H groups in total. The summed E-state index contributed by atoms with van der Waals surface area (Å²) in [5.41, 5.74) is 4.72. The van der Waals surface area contributed by atoms with Gasteiger partial charge in [-0.05, 0) is 48.5 Å². The van der Waals surface area contributed by atoms with Crippen molar-refractivity contribution in [3.05, 3.63) is 93.2 Å². The minimum Gasteiger partial charge on any atom is -0.333 e. The molecule has 0 bridgehead atoms. The third-order valence-electron chi connectivity index (χ3n) is 7.28. The lowest BCUT2D eigenvalue weighted by Crippen LogP contribution is -2.49. The van der Waals surface area contributed by atoms with E-state index < -0.39 is 0 Å². The second-order valence-corrected chi connectivity index (χ2v) is 10.7. The third-order valence-corrected chi connectivity index (χ3v) is 8.28. The number of amides is 2. The van der Waals surface area contributed by atoms with E-state index >= 15 is 0 Å². The summed E-state index contributed by atoms with van der Waals surface area (Å²) in [5.74, 6) is 0.132. The van der Waals surface area contributed by atoms with Crippen LogP contribution in [-0.2, 0) is 16.0 Å². The quantitative estimate of drug-likeness (QED) is 0.518. The minimum atomic E-state index is -0.0757. The number of benzene rings is 2. The number of rotatable bonds is 5. The van der Waals surface area contributed by atoms with Crippen LogP contribution >= 0.6 is 11.3 Å². The molecule has 0 radical (unpaired) electrons. The van der Waals surface area contributed by atoms with E-state index in [4.69, 9.17) is 0 Å². The monoisotopic (exact) mass is 487 g/mol. The molecular formula is C29H33N3O2S. The number of piperazine rings is 1. The van der Waals surface area contributed by atoms with Gasteiger partial charge in [-0.3, -0.25) is 9.59 Å². The van der Waals surface area contributed by atoms with Crippen LogP contribution in [0.2, 0.25) is 0 Å². The number of aryl methyl sites for hydroxylation is 1. The molecule has 1 fully saturated rings. The Balaban J connectivity index is 1.31. The van der Waals surface area contributed by atoms with Gasteiger partial charge in [0.05, 0.1) is 12.1 Å². The van der Waals surface area contributed by atoms with Crippen molar-refractivity contribution in [2.75, 3.05) is 33.2 Å². The topological polar surface area (TPSA) is 43.9 Å². The van der Waals surface area contributed by atoms with Crippen LogP contribution in [0.25, 0.3) is 0 Å². The molecule has 0 aliphatic carbocycles. The van der Waals surface area contributed by atoms with E-state index in [1.165, 1.54) is 16.0 Å². The molecule has 2 amide bonds. The van der Waals surface area contributed by atoms with E-state index in [9.17, 15) is 9.59 Å². The number of fused-ring (bicyclic) bond motifs is 1. The summed E-state index contributed by atoms with van der Waals surface area (Å²) in [6, 6.07) is 20.8. The summed E-state index contributed by atoms with van der Waals surface area (Å²) < 4.78 is 0. The van der Waals surface area contributed by atoms with E-state index in [2.05, 4.69) is 66.7 Å². The van der Waals surface area contributed by atoms with Crippen molar-refractivity contribution in [3.63, 3.8) is 0 Å². The zero-order chi connectivity index (χ0) is 24.4. The summed E-state index contributed by atoms with van der Waals surface area (Å²) >= 11 is 1.77. The minimum absolute atomic E-state index is 0.0287. The van der Waals surface area contributed by atoms with E-state index in [0.29, 0.717) is 13.1 Å². The van der Waals surface area contributed by atoms with Gasteiger partial charge in [0, 0.05) is 43.9 Å². The molecule has 1 saturated heterocycles. The summed E-state index contributed by atoms with van der Waals surface area (Å²) in [4.78, 5) is 34.5. The number of hydrogen-bond acceptors (Lipinski definition) is 4. The number of nitrogens with zero attached hydrogens (tertiary/aromatic N) is 3. The lowest BCUT2D eigenvalue weighted by molar-refractivity contribution is -0.140. The Morgan fingerprint density at radius 2 is 1.63 bits per heavy atom. The Bertz CT molecular complexity index is 1190. The Morgan fingerprint density at radius 3 is 2.40 bits per heavy atom. The van der Waals surface area contributed by atoms with Gasteiger partial charge >= 0.3 is 0 Å². The molecule has 35 heavy (non-hydrogen) atoms. The van der Waals surface area contributed by atoms with E-state index in [1.54, 1.807) is 11.3 Å². The van der Waals surface area contributed by atoms with Crippen molar-refractivity contribution >= 4 is 23.2 Å². The average Bonchev–Trinajstić information content (AvgIpc) is 3.36. The molecule has 3 heterocycles. The van der Waals surface area contributed by atoms with Gasteiger partial charge in [-0.1, -0.05) is 60.2 Å². The second-order valence-electron chi connectivity index (χ2n) is 9.73. The first kappa shape index (κ1) is 23.8. The predicted octanol–water partition coefficient (Wildman–Crippen LogP) is 4.83. The third kappa shape index (κ3) is 5.04. The standard InChI is InChI=1S/C29H33N3O2S/c1-21-7-6-10-23(19-21)29-24-14-18-35-26(24)13-15-32(29)28(34)12-11-27(33)31-17-16-30(2)20-25(31)22-8-4-3-5-9-22/h3-10,14,18-19,25,29H,11-13,15-17,20H2,1-2H3. The fourth-order valence-electron chi connectivity index (χ4n) is 5.46. The summed E-state index contributed by atoms with van der Waals surface area (Å²) in [7, 11) is 2.10. The first-order valence-corrected chi connectivity index (χ1v) is 13.3. The molecular weight excluding hydrogens is 454 g/mol. The average molecular weight is 488 g/mol. The highest BCUT2D eigenvalue weighted by molar-refractivity contribution is 7.10. The van der Waals surface area contributed by atoms with Crippen LogP contribution in [0.4, 0.5) is 0 Å².